The fourth-order valence-corrected chi connectivity index (χ4v) is 0.584. The van der Waals surface area contributed by atoms with Crippen LogP contribution in [-0.4, -0.2) is 37.9 Å². The lowest BCUT2D eigenvalue weighted by Gasteiger charge is -2.06. The van der Waals surface area contributed by atoms with Gasteiger partial charge in [0, 0.05) is 6.54 Å². The Kier molecular flexibility index (Phi) is 4.88. The normalized spacial score (nSPS) is 12.7. The second kappa shape index (κ2) is 5.20. The predicted octanol–water partition coefficient (Wildman–Crippen LogP) is -0.870. The van der Waals surface area contributed by atoms with Crippen molar-refractivity contribution < 1.29 is 14.6 Å². The molecule has 60 valence electrons. The van der Waals surface area contributed by atoms with Crippen molar-refractivity contribution in [2.24, 2.45) is 0 Å². The third kappa shape index (κ3) is 4.29. The smallest absolute Gasteiger partial charge is 0.308 e. The van der Waals surface area contributed by atoms with Crippen molar-refractivity contribution in [1.82, 2.24) is 5.32 Å². The van der Waals surface area contributed by atoms with Crippen molar-refractivity contribution in [2.45, 2.75) is 12.5 Å². The van der Waals surface area contributed by atoms with Gasteiger partial charge in [0.2, 0.25) is 0 Å². The number of carbonyl (C=O) groups excluding carboxylic acids is 1. The number of rotatable bonds is 4. The average Bonchev–Trinajstić information content (AvgIpc) is 1.88. The summed E-state index contributed by atoms with van der Waals surface area (Å²) < 4.78 is 4.34. The van der Waals surface area contributed by atoms with Gasteiger partial charge in [0.15, 0.2) is 0 Å². The largest absolute Gasteiger partial charge is 0.469 e. The van der Waals surface area contributed by atoms with Gasteiger partial charge in [-0.15, -0.1) is 0 Å². The number of likely N-dealkylation sites (N-methyl/N-ethyl adjacent to an activating group) is 1. The van der Waals surface area contributed by atoms with Crippen LogP contribution in [0.2, 0.25) is 0 Å². The van der Waals surface area contributed by atoms with Gasteiger partial charge in [-0.25, -0.2) is 0 Å². The first kappa shape index (κ1) is 9.39. The minimum atomic E-state index is -0.641. The number of nitrogens with one attached hydrogen (secondary N) is 1. The van der Waals surface area contributed by atoms with E-state index in [0.717, 1.165) is 0 Å². The summed E-state index contributed by atoms with van der Waals surface area (Å²) in [6.07, 6.45) is -0.588. The molecule has 0 aromatic heterocycles. The van der Waals surface area contributed by atoms with E-state index in [1.807, 2.05) is 0 Å². The number of hydrogen-bond donors (Lipinski definition) is 2. The Labute approximate surface area is 60.2 Å². The van der Waals surface area contributed by atoms with E-state index in [0.29, 0.717) is 6.54 Å². The van der Waals surface area contributed by atoms with Gasteiger partial charge >= 0.3 is 5.97 Å². The van der Waals surface area contributed by atoms with Gasteiger partial charge < -0.3 is 15.2 Å². The number of aliphatic hydroxyl groups excluding tert-OH is 1. The van der Waals surface area contributed by atoms with Crippen molar-refractivity contribution in [3.05, 3.63) is 0 Å². The fourth-order valence-electron chi connectivity index (χ4n) is 0.584. The maximum Gasteiger partial charge on any atom is 0.308 e. The summed E-state index contributed by atoms with van der Waals surface area (Å²) in [6.45, 7) is 0.412. The number of esters is 1. The van der Waals surface area contributed by atoms with Crippen molar-refractivity contribution >= 4 is 5.97 Å². The topological polar surface area (TPSA) is 58.6 Å². The molecule has 0 spiro atoms. The minimum absolute atomic E-state index is 0.0529. The van der Waals surface area contributed by atoms with Crippen LogP contribution in [0.15, 0.2) is 0 Å². The highest BCUT2D eigenvalue weighted by atomic mass is 16.5. The molecule has 0 aliphatic rings. The molecule has 4 heteroatoms. The molecule has 1 atom stereocenters. The number of hydrogen-bond acceptors (Lipinski definition) is 4. The van der Waals surface area contributed by atoms with E-state index >= 15 is 0 Å². The Morgan fingerprint density at radius 2 is 2.40 bits per heavy atom. The Hall–Kier alpha value is -0.610. The van der Waals surface area contributed by atoms with E-state index in [4.69, 9.17) is 5.11 Å². The molecule has 0 aromatic rings. The molecular weight excluding hydrogens is 134 g/mol. The molecule has 0 aliphatic heterocycles. The molecule has 0 radical (unpaired) electrons. The maximum atomic E-state index is 10.5. The lowest BCUT2D eigenvalue weighted by Crippen LogP contribution is -2.26. The van der Waals surface area contributed by atoms with Crippen LogP contribution in [-0.2, 0) is 9.53 Å². The Morgan fingerprint density at radius 1 is 1.80 bits per heavy atom. The van der Waals surface area contributed by atoms with Gasteiger partial charge in [0.1, 0.15) is 0 Å². The van der Waals surface area contributed by atoms with E-state index in [-0.39, 0.29) is 12.4 Å². The second-order valence-electron chi connectivity index (χ2n) is 1.99. The molecular formula is C6H13NO3. The minimum Gasteiger partial charge on any atom is -0.469 e. The molecule has 0 saturated carbocycles. The monoisotopic (exact) mass is 147 g/mol. The van der Waals surface area contributed by atoms with Crippen molar-refractivity contribution in [3.63, 3.8) is 0 Å². The molecule has 0 rings (SSSR count). The number of methoxy groups -OCH3 is 1. The fraction of sp³-hybridized carbons (Fsp3) is 0.833. The van der Waals surface area contributed by atoms with Crippen LogP contribution in [0.25, 0.3) is 0 Å². The molecule has 0 aliphatic carbocycles. The third-order valence-electron chi connectivity index (χ3n) is 1.07. The molecule has 0 saturated heterocycles. The van der Waals surface area contributed by atoms with Crippen molar-refractivity contribution in [3.8, 4) is 0 Å². The lowest BCUT2D eigenvalue weighted by molar-refractivity contribution is -0.142. The summed E-state index contributed by atoms with van der Waals surface area (Å²) in [5.41, 5.74) is 0. The van der Waals surface area contributed by atoms with Gasteiger partial charge in [-0.05, 0) is 7.05 Å². The zero-order chi connectivity index (χ0) is 7.98. The van der Waals surface area contributed by atoms with Crippen molar-refractivity contribution in [1.29, 1.82) is 0 Å². The first-order valence-electron chi connectivity index (χ1n) is 3.10. The highest BCUT2D eigenvalue weighted by Gasteiger charge is 2.08. The van der Waals surface area contributed by atoms with Gasteiger partial charge in [-0.3, -0.25) is 4.79 Å². The van der Waals surface area contributed by atoms with E-state index in [2.05, 4.69) is 10.1 Å². The van der Waals surface area contributed by atoms with Crippen LogP contribution in [0.5, 0.6) is 0 Å². The molecule has 0 amide bonds. The van der Waals surface area contributed by atoms with Crippen LogP contribution >= 0.6 is 0 Å². The lowest BCUT2D eigenvalue weighted by atomic mass is 10.2. The van der Waals surface area contributed by atoms with E-state index < -0.39 is 6.10 Å². The molecule has 0 heterocycles. The van der Waals surface area contributed by atoms with Crippen LogP contribution in [0.3, 0.4) is 0 Å². The van der Waals surface area contributed by atoms with Crippen LogP contribution in [0.1, 0.15) is 6.42 Å². The molecule has 2 N–H and O–H groups in total. The zero-order valence-corrected chi connectivity index (χ0v) is 6.26. The number of carbonyl (C=O) groups is 1. The van der Waals surface area contributed by atoms with E-state index in [9.17, 15) is 4.79 Å². The summed E-state index contributed by atoms with van der Waals surface area (Å²) in [6, 6.07) is 0. The predicted molar refractivity (Wildman–Crippen MR) is 36.6 cm³/mol. The average molecular weight is 147 g/mol. The molecule has 0 unspecified atom stereocenters. The first-order valence-corrected chi connectivity index (χ1v) is 3.10. The van der Waals surface area contributed by atoms with Gasteiger partial charge in [0.05, 0.1) is 19.6 Å². The van der Waals surface area contributed by atoms with Gasteiger partial charge in [-0.2, -0.15) is 0 Å². The summed E-state index contributed by atoms with van der Waals surface area (Å²) in [5, 5.41) is 11.7. The second-order valence-corrected chi connectivity index (χ2v) is 1.99. The SMILES string of the molecule is CNC[C@@H](O)CC(=O)OC. The Morgan fingerprint density at radius 3 is 2.80 bits per heavy atom. The maximum absolute atomic E-state index is 10.5. The van der Waals surface area contributed by atoms with Crippen LogP contribution in [0.4, 0.5) is 0 Å². The quantitative estimate of drug-likeness (QED) is 0.507. The molecule has 10 heavy (non-hydrogen) atoms. The summed E-state index contributed by atoms with van der Waals surface area (Å²) in [5.74, 6) is -0.386. The number of aliphatic hydroxyl groups is 1. The molecule has 0 aromatic carbocycles. The Bertz CT molecular complexity index is 105. The summed E-state index contributed by atoms with van der Waals surface area (Å²) in [7, 11) is 3.01. The van der Waals surface area contributed by atoms with E-state index in [1.54, 1.807) is 7.05 Å². The molecule has 0 fully saturated rings. The standard InChI is InChI=1S/C6H13NO3/c1-7-4-5(8)3-6(9)10-2/h5,7-8H,3-4H2,1-2H3/t5-/m0/s1. The summed E-state index contributed by atoms with van der Waals surface area (Å²) >= 11 is 0. The Balaban J connectivity index is 3.37. The highest BCUT2D eigenvalue weighted by Crippen LogP contribution is 1.90. The van der Waals surface area contributed by atoms with E-state index in [1.165, 1.54) is 7.11 Å². The molecule has 4 nitrogen and oxygen atoms in total. The molecule has 0 bridgehead atoms. The highest BCUT2D eigenvalue weighted by molar-refractivity contribution is 5.69. The summed E-state index contributed by atoms with van der Waals surface area (Å²) in [4.78, 5) is 10.5. The van der Waals surface area contributed by atoms with Crippen molar-refractivity contribution in [2.75, 3.05) is 20.7 Å². The van der Waals surface area contributed by atoms with Crippen LogP contribution < -0.4 is 5.32 Å². The first-order chi connectivity index (χ1) is 4.70. The van der Waals surface area contributed by atoms with Gasteiger partial charge in [0.25, 0.3) is 0 Å². The third-order valence-corrected chi connectivity index (χ3v) is 1.07. The number of ether oxygens (including phenoxy) is 1. The van der Waals surface area contributed by atoms with Crippen LogP contribution in [0, 0.1) is 0 Å². The van der Waals surface area contributed by atoms with Gasteiger partial charge in [-0.1, -0.05) is 0 Å². The zero-order valence-electron chi connectivity index (χ0n) is 6.26.